The molecule has 5 rings (SSSR count). The topological polar surface area (TPSA) is 71.0 Å². The summed E-state index contributed by atoms with van der Waals surface area (Å²) in [5, 5.41) is 3.25. The number of hydrogen-bond donors (Lipinski definition) is 1. The minimum absolute atomic E-state index is 0.0819. The van der Waals surface area contributed by atoms with Crippen molar-refractivity contribution in [1.29, 1.82) is 0 Å². The molecule has 1 N–H and O–H groups in total. The van der Waals surface area contributed by atoms with Crippen LogP contribution in [0.5, 0.6) is 0 Å². The van der Waals surface area contributed by atoms with E-state index in [1.807, 2.05) is 36.9 Å². The van der Waals surface area contributed by atoms with Crippen LogP contribution in [0.25, 0.3) is 11.3 Å². The number of anilines is 1. The van der Waals surface area contributed by atoms with Crippen molar-refractivity contribution in [3.63, 3.8) is 0 Å². The van der Waals surface area contributed by atoms with Crippen LogP contribution in [0.15, 0.2) is 48.9 Å². The van der Waals surface area contributed by atoms with Crippen LogP contribution in [-0.4, -0.2) is 44.4 Å². The zero-order chi connectivity index (χ0) is 24.0. The first-order chi connectivity index (χ1) is 16.2. The lowest BCUT2D eigenvalue weighted by Gasteiger charge is -2.34. The fraction of sp³-hybridized carbons (Fsp3) is 0.360. The Morgan fingerprint density at radius 1 is 1.03 bits per heavy atom. The van der Waals surface area contributed by atoms with Gasteiger partial charge in [-0.2, -0.15) is 13.2 Å². The number of amides is 1. The van der Waals surface area contributed by atoms with Crippen LogP contribution in [0.2, 0.25) is 0 Å². The minimum Gasteiger partial charge on any atom is -0.365 e. The molecule has 2 fully saturated rings. The molecule has 1 saturated carbocycles. The molecule has 176 valence electrons. The summed E-state index contributed by atoms with van der Waals surface area (Å²) in [4.78, 5) is 28.5. The van der Waals surface area contributed by atoms with Crippen LogP contribution in [0.3, 0.4) is 0 Å². The molecule has 1 amide bonds. The Kier molecular flexibility index (Phi) is 5.50. The van der Waals surface area contributed by atoms with Crippen molar-refractivity contribution in [2.24, 2.45) is 5.92 Å². The number of aromatic nitrogens is 3. The summed E-state index contributed by atoms with van der Waals surface area (Å²) >= 11 is 0. The molecule has 0 radical (unpaired) electrons. The van der Waals surface area contributed by atoms with E-state index in [9.17, 15) is 18.0 Å². The first-order valence-corrected chi connectivity index (χ1v) is 11.2. The SMILES string of the molecule is Cc1cccnc1-c1c(C)ccnc1C(=O)N1CC2CC(Nc3ccc(C(F)(F)F)cn3)C1C2. The van der Waals surface area contributed by atoms with E-state index in [2.05, 4.69) is 20.3 Å². The van der Waals surface area contributed by atoms with Crippen LogP contribution in [-0.2, 0) is 6.18 Å². The molecule has 9 heteroatoms. The van der Waals surface area contributed by atoms with Crippen LogP contribution in [0, 0.1) is 19.8 Å². The maximum Gasteiger partial charge on any atom is 0.417 e. The predicted molar refractivity (Wildman–Crippen MR) is 121 cm³/mol. The van der Waals surface area contributed by atoms with Gasteiger partial charge in [0.05, 0.1) is 17.3 Å². The molecule has 0 spiro atoms. The number of nitrogens with zero attached hydrogens (tertiary/aromatic N) is 4. The van der Waals surface area contributed by atoms with Gasteiger partial charge in [0.1, 0.15) is 11.5 Å². The van der Waals surface area contributed by atoms with Gasteiger partial charge in [-0.25, -0.2) is 4.98 Å². The number of carbonyl (C=O) groups is 1. The van der Waals surface area contributed by atoms with Crippen LogP contribution in [0.1, 0.15) is 40.0 Å². The summed E-state index contributed by atoms with van der Waals surface area (Å²) in [6.45, 7) is 4.54. The molecule has 3 aromatic heterocycles. The van der Waals surface area contributed by atoms with Crippen molar-refractivity contribution < 1.29 is 18.0 Å². The van der Waals surface area contributed by atoms with Gasteiger partial charge in [-0.15, -0.1) is 0 Å². The number of alkyl halides is 3. The van der Waals surface area contributed by atoms with Crippen molar-refractivity contribution >= 4 is 11.7 Å². The molecule has 4 heterocycles. The lowest BCUT2D eigenvalue weighted by atomic mass is 9.98. The van der Waals surface area contributed by atoms with Gasteiger partial charge in [0.25, 0.3) is 5.91 Å². The van der Waals surface area contributed by atoms with Gasteiger partial charge in [0.15, 0.2) is 0 Å². The second-order valence-electron chi connectivity index (χ2n) is 9.06. The van der Waals surface area contributed by atoms with E-state index in [0.717, 1.165) is 47.5 Å². The Morgan fingerprint density at radius 3 is 2.53 bits per heavy atom. The van der Waals surface area contributed by atoms with Gasteiger partial charge >= 0.3 is 6.18 Å². The zero-order valence-corrected chi connectivity index (χ0v) is 18.8. The molecule has 2 bridgehead atoms. The Hall–Kier alpha value is -3.49. The van der Waals surface area contributed by atoms with Crippen LogP contribution in [0.4, 0.5) is 19.0 Å². The second kappa shape index (κ2) is 8.38. The minimum atomic E-state index is -4.42. The fourth-order valence-corrected chi connectivity index (χ4v) is 5.15. The summed E-state index contributed by atoms with van der Waals surface area (Å²) < 4.78 is 38.5. The van der Waals surface area contributed by atoms with Gasteiger partial charge < -0.3 is 10.2 Å². The molecule has 2 aliphatic rings. The molecule has 1 saturated heterocycles. The summed E-state index contributed by atoms with van der Waals surface area (Å²) in [5.74, 6) is 0.547. The van der Waals surface area contributed by atoms with E-state index in [0.29, 0.717) is 24.0 Å². The van der Waals surface area contributed by atoms with Gasteiger partial charge in [-0.05, 0) is 68.0 Å². The Morgan fingerprint density at radius 2 is 1.85 bits per heavy atom. The monoisotopic (exact) mass is 467 g/mol. The average Bonchev–Trinajstić information content (AvgIpc) is 3.39. The van der Waals surface area contributed by atoms with Crippen molar-refractivity contribution in [2.75, 3.05) is 11.9 Å². The number of carbonyl (C=O) groups excluding carboxylic acids is 1. The quantitative estimate of drug-likeness (QED) is 0.592. The third-order valence-electron chi connectivity index (χ3n) is 6.77. The Labute approximate surface area is 195 Å². The van der Waals surface area contributed by atoms with Crippen LogP contribution >= 0.6 is 0 Å². The summed E-state index contributed by atoms with van der Waals surface area (Å²) in [6.07, 6.45) is 1.43. The van der Waals surface area contributed by atoms with E-state index in [-0.39, 0.29) is 18.0 Å². The molecular formula is C25H24F3N5O. The van der Waals surface area contributed by atoms with E-state index >= 15 is 0 Å². The van der Waals surface area contributed by atoms with E-state index < -0.39 is 11.7 Å². The largest absolute Gasteiger partial charge is 0.417 e. The molecule has 34 heavy (non-hydrogen) atoms. The van der Waals surface area contributed by atoms with Crippen molar-refractivity contribution in [3.8, 4) is 11.3 Å². The van der Waals surface area contributed by atoms with Crippen LogP contribution < -0.4 is 5.32 Å². The number of hydrogen-bond acceptors (Lipinski definition) is 5. The number of pyridine rings is 3. The second-order valence-corrected chi connectivity index (χ2v) is 9.06. The maximum absolute atomic E-state index is 13.7. The average molecular weight is 467 g/mol. The van der Waals surface area contributed by atoms with E-state index in [4.69, 9.17) is 0 Å². The molecule has 3 unspecified atom stereocenters. The van der Waals surface area contributed by atoms with E-state index in [1.54, 1.807) is 12.4 Å². The Balaban J connectivity index is 1.40. The highest BCUT2D eigenvalue weighted by atomic mass is 19.4. The molecule has 0 aromatic carbocycles. The lowest BCUT2D eigenvalue weighted by molar-refractivity contribution is -0.137. The zero-order valence-electron chi connectivity index (χ0n) is 18.8. The molecule has 1 aliphatic carbocycles. The summed E-state index contributed by atoms with van der Waals surface area (Å²) in [7, 11) is 0. The number of fused-ring (bicyclic) bond motifs is 2. The van der Waals surface area contributed by atoms with E-state index in [1.165, 1.54) is 6.07 Å². The molecule has 3 atom stereocenters. The van der Waals surface area contributed by atoms with Crippen molar-refractivity contribution in [3.05, 3.63) is 71.3 Å². The highest BCUT2D eigenvalue weighted by molar-refractivity contribution is 6.00. The third kappa shape index (κ3) is 3.99. The van der Waals surface area contributed by atoms with Gasteiger partial charge in [-0.1, -0.05) is 6.07 Å². The number of halogens is 3. The van der Waals surface area contributed by atoms with Gasteiger partial charge in [0, 0.05) is 36.7 Å². The lowest BCUT2D eigenvalue weighted by Crippen LogP contribution is -2.48. The predicted octanol–water partition coefficient (Wildman–Crippen LogP) is 4.89. The fourth-order valence-electron chi connectivity index (χ4n) is 5.15. The summed E-state index contributed by atoms with van der Waals surface area (Å²) in [5.41, 5.74) is 2.95. The van der Waals surface area contributed by atoms with Crippen molar-refractivity contribution in [1.82, 2.24) is 19.9 Å². The highest BCUT2D eigenvalue weighted by Gasteiger charge is 2.47. The normalized spacial score (nSPS) is 21.7. The highest BCUT2D eigenvalue weighted by Crippen LogP contribution is 2.41. The number of nitrogens with one attached hydrogen (secondary N) is 1. The first kappa shape index (κ1) is 22.3. The standard InChI is InChI=1S/C25H24F3N5O/c1-14-7-9-30-23(21(14)22-15(2)4-3-8-29-22)24(34)33-13-16-10-18(19(33)11-16)32-20-6-5-17(12-31-20)25(26,27)28/h3-9,12,16,18-19H,10-11,13H2,1-2H3,(H,31,32). The smallest absolute Gasteiger partial charge is 0.365 e. The van der Waals surface area contributed by atoms with Crippen molar-refractivity contribution in [2.45, 2.75) is 44.9 Å². The van der Waals surface area contributed by atoms with Gasteiger partial charge in [-0.3, -0.25) is 14.8 Å². The first-order valence-electron chi connectivity index (χ1n) is 11.2. The molecular weight excluding hydrogens is 443 g/mol. The maximum atomic E-state index is 13.7. The number of piperidine rings is 1. The Bertz CT molecular complexity index is 1230. The third-order valence-corrected chi connectivity index (χ3v) is 6.77. The number of likely N-dealkylation sites (tertiary alicyclic amines) is 1. The number of rotatable bonds is 4. The molecule has 3 aromatic rings. The molecule has 6 nitrogen and oxygen atoms in total. The van der Waals surface area contributed by atoms with Gasteiger partial charge in [0.2, 0.25) is 0 Å². The number of aryl methyl sites for hydroxylation is 2. The summed E-state index contributed by atoms with van der Waals surface area (Å²) in [6, 6.07) is 7.87. The molecule has 1 aliphatic heterocycles.